The lowest BCUT2D eigenvalue weighted by Gasteiger charge is -2.16. The molecule has 1 aliphatic heterocycles. The Kier molecular flexibility index (Phi) is 3.11. The summed E-state index contributed by atoms with van der Waals surface area (Å²) in [7, 11) is 1.32. The summed E-state index contributed by atoms with van der Waals surface area (Å²) in [6.07, 6.45) is -4.45. The molecular formula is C9H9F3N6O. The summed E-state index contributed by atoms with van der Waals surface area (Å²) in [5.41, 5.74) is 7.30. The van der Waals surface area contributed by atoms with Crippen molar-refractivity contribution in [1.29, 1.82) is 0 Å². The number of likely N-dealkylation sites (N-methyl/N-ethyl adjacent to an activating group) is 1. The van der Waals surface area contributed by atoms with Gasteiger partial charge in [0.05, 0.1) is 0 Å². The second-order valence-electron chi connectivity index (χ2n) is 4.02. The first-order valence-corrected chi connectivity index (χ1v) is 5.31. The fraction of sp³-hybridized carbons (Fsp3) is 0.556. The lowest BCUT2D eigenvalue weighted by Crippen LogP contribution is -2.34. The van der Waals surface area contributed by atoms with E-state index in [0.717, 1.165) is 15.6 Å². The SMILES string of the molecule is CN1C(=O)C(N=[N+]=[N-])CCn2nc(C(F)(F)F)cc21. The lowest BCUT2D eigenvalue weighted by molar-refractivity contribution is -0.141. The third kappa shape index (κ3) is 2.34. The summed E-state index contributed by atoms with van der Waals surface area (Å²) in [6.45, 7) is 0.0746. The number of halogens is 3. The van der Waals surface area contributed by atoms with Gasteiger partial charge in [-0.3, -0.25) is 9.69 Å². The van der Waals surface area contributed by atoms with Gasteiger partial charge in [-0.25, -0.2) is 4.68 Å². The van der Waals surface area contributed by atoms with E-state index in [1.54, 1.807) is 0 Å². The van der Waals surface area contributed by atoms with Crippen LogP contribution in [-0.2, 0) is 17.5 Å². The topological polar surface area (TPSA) is 86.9 Å². The van der Waals surface area contributed by atoms with Crippen LogP contribution in [0.2, 0.25) is 0 Å². The van der Waals surface area contributed by atoms with Gasteiger partial charge >= 0.3 is 6.18 Å². The number of hydrogen-bond donors (Lipinski definition) is 0. The summed E-state index contributed by atoms with van der Waals surface area (Å²) < 4.78 is 38.7. The van der Waals surface area contributed by atoms with E-state index in [0.29, 0.717) is 0 Å². The molecule has 2 rings (SSSR count). The van der Waals surface area contributed by atoms with Crippen LogP contribution in [0.25, 0.3) is 10.4 Å². The monoisotopic (exact) mass is 274 g/mol. The van der Waals surface area contributed by atoms with E-state index >= 15 is 0 Å². The van der Waals surface area contributed by atoms with Crippen LogP contribution in [-0.4, -0.2) is 28.8 Å². The molecule has 1 atom stereocenters. The number of aromatic nitrogens is 2. The fourth-order valence-electron chi connectivity index (χ4n) is 1.85. The van der Waals surface area contributed by atoms with Crippen molar-refractivity contribution in [3.05, 3.63) is 22.2 Å². The van der Waals surface area contributed by atoms with E-state index in [1.165, 1.54) is 7.05 Å². The summed E-state index contributed by atoms with van der Waals surface area (Å²) in [5, 5.41) is 6.76. The molecule has 1 unspecified atom stereocenters. The molecule has 0 aromatic carbocycles. The molecule has 0 aliphatic carbocycles. The molecule has 1 aliphatic rings. The molecule has 1 aromatic heterocycles. The first-order valence-electron chi connectivity index (χ1n) is 5.31. The summed E-state index contributed by atoms with van der Waals surface area (Å²) in [4.78, 5) is 15.5. The number of rotatable bonds is 1. The molecule has 0 spiro atoms. The molecule has 0 saturated heterocycles. The van der Waals surface area contributed by atoms with E-state index in [2.05, 4.69) is 15.1 Å². The van der Waals surface area contributed by atoms with Gasteiger partial charge in [-0.05, 0) is 12.0 Å². The third-order valence-electron chi connectivity index (χ3n) is 2.81. The number of carbonyl (C=O) groups excluding carboxylic acids is 1. The molecular weight excluding hydrogens is 265 g/mol. The minimum atomic E-state index is -4.56. The summed E-state index contributed by atoms with van der Waals surface area (Å²) in [5.74, 6) is -0.516. The maximum Gasteiger partial charge on any atom is 0.435 e. The molecule has 2 heterocycles. The third-order valence-corrected chi connectivity index (χ3v) is 2.81. The fourth-order valence-corrected chi connectivity index (χ4v) is 1.85. The van der Waals surface area contributed by atoms with E-state index in [9.17, 15) is 18.0 Å². The zero-order valence-corrected chi connectivity index (χ0v) is 9.79. The van der Waals surface area contributed by atoms with Crippen molar-refractivity contribution in [3.8, 4) is 0 Å². The zero-order chi connectivity index (χ0) is 14.2. The van der Waals surface area contributed by atoms with Gasteiger partial charge in [-0.2, -0.15) is 18.3 Å². The van der Waals surface area contributed by atoms with Crippen LogP contribution in [0.5, 0.6) is 0 Å². The van der Waals surface area contributed by atoms with Gasteiger partial charge in [0, 0.05) is 24.6 Å². The highest BCUT2D eigenvalue weighted by Gasteiger charge is 2.37. The Morgan fingerprint density at radius 3 is 2.84 bits per heavy atom. The van der Waals surface area contributed by atoms with Crippen molar-refractivity contribution in [3.63, 3.8) is 0 Å². The second kappa shape index (κ2) is 4.47. The van der Waals surface area contributed by atoms with Crippen LogP contribution in [0.3, 0.4) is 0 Å². The van der Waals surface area contributed by atoms with Crippen LogP contribution >= 0.6 is 0 Å². The number of amides is 1. The molecule has 0 bridgehead atoms. The Morgan fingerprint density at radius 1 is 1.58 bits per heavy atom. The summed E-state index contributed by atoms with van der Waals surface area (Å²) >= 11 is 0. The average Bonchev–Trinajstić information content (AvgIpc) is 2.72. The number of aryl methyl sites for hydroxylation is 1. The number of anilines is 1. The average molecular weight is 274 g/mol. The van der Waals surface area contributed by atoms with Crippen LogP contribution in [0, 0.1) is 0 Å². The minimum Gasteiger partial charge on any atom is -0.300 e. The van der Waals surface area contributed by atoms with Crippen LogP contribution < -0.4 is 4.90 Å². The van der Waals surface area contributed by atoms with Gasteiger partial charge < -0.3 is 0 Å². The van der Waals surface area contributed by atoms with Gasteiger partial charge in [-0.15, -0.1) is 0 Å². The van der Waals surface area contributed by atoms with Gasteiger partial charge in [0.15, 0.2) is 5.69 Å². The van der Waals surface area contributed by atoms with E-state index in [1.807, 2.05) is 0 Å². The molecule has 10 heteroatoms. The highest BCUT2D eigenvalue weighted by Crippen LogP contribution is 2.32. The van der Waals surface area contributed by atoms with Crippen molar-refractivity contribution in [2.24, 2.45) is 5.11 Å². The molecule has 0 radical (unpaired) electrons. The Hall–Kier alpha value is -2.22. The van der Waals surface area contributed by atoms with E-state index in [4.69, 9.17) is 5.53 Å². The van der Waals surface area contributed by atoms with Crippen molar-refractivity contribution >= 4 is 11.7 Å². The maximum atomic E-state index is 12.6. The molecule has 7 nitrogen and oxygen atoms in total. The van der Waals surface area contributed by atoms with Gasteiger partial charge in [0.1, 0.15) is 11.9 Å². The summed E-state index contributed by atoms with van der Waals surface area (Å²) in [6, 6.07) is -0.123. The zero-order valence-electron chi connectivity index (χ0n) is 9.79. The van der Waals surface area contributed by atoms with Gasteiger partial charge in [0.2, 0.25) is 5.91 Å². The van der Waals surface area contributed by atoms with Crippen LogP contribution in [0.15, 0.2) is 11.2 Å². The highest BCUT2D eigenvalue weighted by atomic mass is 19.4. The minimum absolute atomic E-state index is 0.0352. The number of carbonyl (C=O) groups is 1. The number of hydrogen-bond acceptors (Lipinski definition) is 3. The predicted octanol–water partition coefficient (Wildman–Crippen LogP) is 1.95. The van der Waals surface area contributed by atoms with E-state index < -0.39 is 23.8 Å². The van der Waals surface area contributed by atoms with Crippen LogP contribution in [0.1, 0.15) is 12.1 Å². The normalized spacial score (nSPS) is 19.7. The smallest absolute Gasteiger partial charge is 0.300 e. The van der Waals surface area contributed by atoms with Crippen molar-refractivity contribution in [2.45, 2.75) is 25.2 Å². The van der Waals surface area contributed by atoms with Crippen molar-refractivity contribution in [1.82, 2.24) is 9.78 Å². The van der Waals surface area contributed by atoms with Crippen molar-refractivity contribution in [2.75, 3.05) is 11.9 Å². The largest absolute Gasteiger partial charge is 0.435 e. The Bertz CT molecular complexity index is 559. The highest BCUT2D eigenvalue weighted by molar-refractivity contribution is 5.96. The first kappa shape index (κ1) is 13.2. The maximum absolute atomic E-state index is 12.6. The van der Waals surface area contributed by atoms with Gasteiger partial charge in [0.25, 0.3) is 0 Å². The van der Waals surface area contributed by atoms with Crippen molar-refractivity contribution < 1.29 is 18.0 Å². The number of alkyl halides is 3. The quantitative estimate of drug-likeness (QED) is 0.445. The molecule has 102 valence electrons. The van der Waals surface area contributed by atoms with E-state index in [-0.39, 0.29) is 18.8 Å². The second-order valence-corrected chi connectivity index (χ2v) is 4.02. The van der Waals surface area contributed by atoms with Gasteiger partial charge in [-0.1, -0.05) is 5.11 Å². The Labute approximate surface area is 105 Å². The molecule has 1 amide bonds. The Balaban J connectivity index is 2.40. The molecule has 0 fully saturated rings. The van der Waals surface area contributed by atoms with Crippen LogP contribution in [0.4, 0.5) is 19.0 Å². The lowest BCUT2D eigenvalue weighted by atomic mass is 10.2. The number of azide groups is 1. The standard InChI is InChI=1S/C9H9F3N6O/c1-17-7-4-6(9(10,11)12)15-18(7)3-2-5(8(17)19)14-16-13/h4-5H,2-3H2,1H3. The number of nitrogens with zero attached hydrogens (tertiary/aromatic N) is 6. The number of fused-ring (bicyclic) bond motifs is 1. The predicted molar refractivity (Wildman–Crippen MR) is 58.2 cm³/mol. The Morgan fingerprint density at radius 2 is 2.26 bits per heavy atom. The molecule has 19 heavy (non-hydrogen) atoms. The first-order chi connectivity index (χ1) is 8.84. The molecule has 0 N–H and O–H groups in total. The molecule has 1 aromatic rings. The molecule has 0 saturated carbocycles.